The van der Waals surface area contributed by atoms with Gasteiger partial charge in [0.2, 0.25) is 0 Å². The van der Waals surface area contributed by atoms with E-state index >= 15 is 0 Å². The van der Waals surface area contributed by atoms with Crippen molar-refractivity contribution in [2.75, 3.05) is 32.8 Å². The minimum atomic E-state index is -3.47. The molecular weight excluding hydrogens is 338 g/mol. The number of hydrogen-bond donors (Lipinski definition) is 2. The van der Waals surface area contributed by atoms with Crippen LogP contribution in [0.15, 0.2) is 24.3 Å². The van der Waals surface area contributed by atoms with Gasteiger partial charge in [0, 0.05) is 31.7 Å². The molecule has 2 N–H and O–H groups in total. The number of benzene rings is 1. The van der Waals surface area contributed by atoms with Crippen LogP contribution in [0.2, 0.25) is 0 Å². The zero-order chi connectivity index (χ0) is 17.7. The quantitative estimate of drug-likeness (QED) is 0.770. The molecule has 0 aromatic heterocycles. The number of hydrogen-bond acceptors (Lipinski definition) is 4. The average molecular weight is 368 g/mol. The lowest BCUT2D eigenvalue weighted by atomic mass is 10.0. The molecule has 140 valence electrons. The molecular formula is C18H29N3O3S. The number of aryl methyl sites for hydroxylation is 1. The summed E-state index contributed by atoms with van der Waals surface area (Å²) in [5.41, 5.74) is 2.33. The zero-order valence-corrected chi connectivity index (χ0v) is 15.7. The second-order valence-corrected chi connectivity index (χ2v) is 8.56. The second-order valence-electron chi connectivity index (χ2n) is 7.03. The Morgan fingerprint density at radius 1 is 1.24 bits per heavy atom. The van der Waals surface area contributed by atoms with Gasteiger partial charge in [0.25, 0.3) is 10.2 Å². The van der Waals surface area contributed by atoms with Crippen molar-refractivity contribution in [3.05, 3.63) is 35.4 Å². The third-order valence-corrected chi connectivity index (χ3v) is 6.25. The fraction of sp³-hybridized carbons (Fsp3) is 0.667. The van der Waals surface area contributed by atoms with Crippen LogP contribution in [-0.2, 0) is 14.9 Å². The van der Waals surface area contributed by atoms with E-state index in [1.165, 1.54) is 5.56 Å². The summed E-state index contributed by atoms with van der Waals surface area (Å²) in [7, 11) is -3.47. The highest BCUT2D eigenvalue weighted by atomic mass is 32.2. The largest absolute Gasteiger partial charge is 0.379 e. The van der Waals surface area contributed by atoms with E-state index in [4.69, 9.17) is 4.74 Å². The summed E-state index contributed by atoms with van der Waals surface area (Å²) in [4.78, 5) is 2.30. The molecule has 0 spiro atoms. The van der Waals surface area contributed by atoms with Crippen molar-refractivity contribution in [1.29, 1.82) is 0 Å². The standard InChI is InChI=1S/C18H29N3O3S/c1-15-5-4-6-16(13-15)18(21-9-11-24-12-10-21)14-19-25(22,23)20-17-7-2-3-8-17/h4-6,13,17-20H,2-3,7-12,14H2,1H3. The Bertz CT molecular complexity index is 653. The van der Waals surface area contributed by atoms with Gasteiger partial charge in [0.1, 0.15) is 0 Å². The van der Waals surface area contributed by atoms with E-state index in [0.717, 1.165) is 44.3 Å². The Morgan fingerprint density at radius 3 is 2.64 bits per heavy atom. The number of rotatable bonds is 7. The van der Waals surface area contributed by atoms with Crippen LogP contribution < -0.4 is 9.44 Å². The van der Waals surface area contributed by atoms with E-state index in [9.17, 15) is 8.42 Å². The van der Waals surface area contributed by atoms with E-state index in [1.54, 1.807) is 0 Å². The summed E-state index contributed by atoms with van der Waals surface area (Å²) in [5, 5.41) is 0. The van der Waals surface area contributed by atoms with E-state index in [1.807, 2.05) is 6.07 Å². The molecule has 25 heavy (non-hydrogen) atoms. The SMILES string of the molecule is Cc1cccc(C(CNS(=O)(=O)NC2CCCC2)N2CCOCC2)c1. The molecule has 0 radical (unpaired) electrons. The number of nitrogens with one attached hydrogen (secondary N) is 2. The minimum absolute atomic E-state index is 0.0175. The molecule has 1 aliphatic heterocycles. The lowest BCUT2D eigenvalue weighted by Crippen LogP contribution is -2.47. The molecule has 7 heteroatoms. The highest BCUT2D eigenvalue weighted by Gasteiger charge is 2.26. The Balaban J connectivity index is 1.68. The maximum Gasteiger partial charge on any atom is 0.277 e. The smallest absolute Gasteiger partial charge is 0.277 e. The molecule has 1 heterocycles. The third kappa shape index (κ3) is 5.49. The topological polar surface area (TPSA) is 70.7 Å². The monoisotopic (exact) mass is 367 g/mol. The highest BCUT2D eigenvalue weighted by Crippen LogP contribution is 2.23. The molecule has 6 nitrogen and oxygen atoms in total. The van der Waals surface area contributed by atoms with Crippen molar-refractivity contribution in [1.82, 2.24) is 14.3 Å². The molecule has 3 rings (SSSR count). The van der Waals surface area contributed by atoms with Crippen molar-refractivity contribution < 1.29 is 13.2 Å². The third-order valence-electron chi connectivity index (χ3n) is 5.06. The number of nitrogens with zero attached hydrogens (tertiary/aromatic N) is 1. The molecule has 1 saturated heterocycles. The zero-order valence-electron chi connectivity index (χ0n) is 14.9. The molecule has 1 atom stereocenters. The van der Waals surface area contributed by atoms with Gasteiger partial charge in [-0.25, -0.2) is 4.72 Å². The molecule has 2 aliphatic rings. The Kier molecular flexibility index (Phi) is 6.46. The first-order chi connectivity index (χ1) is 12.0. The summed E-state index contributed by atoms with van der Waals surface area (Å²) in [6, 6.07) is 8.40. The second kappa shape index (κ2) is 8.60. The molecule has 1 aromatic carbocycles. The fourth-order valence-electron chi connectivity index (χ4n) is 3.72. The van der Waals surface area contributed by atoms with Gasteiger partial charge in [-0.3, -0.25) is 4.90 Å². The Hall–Kier alpha value is -0.990. The van der Waals surface area contributed by atoms with Crippen LogP contribution >= 0.6 is 0 Å². The van der Waals surface area contributed by atoms with Gasteiger partial charge in [-0.15, -0.1) is 0 Å². The summed E-state index contributed by atoms with van der Waals surface area (Å²) < 4.78 is 35.8. The molecule has 1 aliphatic carbocycles. The van der Waals surface area contributed by atoms with E-state index in [0.29, 0.717) is 19.8 Å². The highest BCUT2D eigenvalue weighted by molar-refractivity contribution is 7.87. The van der Waals surface area contributed by atoms with Gasteiger partial charge in [-0.1, -0.05) is 42.7 Å². The van der Waals surface area contributed by atoms with Crippen LogP contribution in [-0.4, -0.2) is 52.2 Å². The number of morpholine rings is 1. The van der Waals surface area contributed by atoms with Gasteiger partial charge >= 0.3 is 0 Å². The first-order valence-electron chi connectivity index (χ1n) is 9.19. The normalized spacial score (nSPS) is 21.5. The predicted molar refractivity (Wildman–Crippen MR) is 98.6 cm³/mol. The maximum absolute atomic E-state index is 12.4. The first-order valence-corrected chi connectivity index (χ1v) is 10.7. The Labute approximate surface area is 151 Å². The first kappa shape index (κ1) is 18.8. The van der Waals surface area contributed by atoms with Crippen LogP contribution in [0.4, 0.5) is 0 Å². The Morgan fingerprint density at radius 2 is 1.96 bits per heavy atom. The van der Waals surface area contributed by atoms with Crippen molar-refractivity contribution >= 4 is 10.2 Å². The van der Waals surface area contributed by atoms with Crippen LogP contribution in [0.1, 0.15) is 42.9 Å². The lowest BCUT2D eigenvalue weighted by molar-refractivity contribution is 0.0172. The molecule has 0 amide bonds. The summed E-state index contributed by atoms with van der Waals surface area (Å²) in [5.74, 6) is 0. The number of ether oxygens (including phenoxy) is 1. The summed E-state index contributed by atoms with van der Waals surface area (Å²) in [6.07, 6.45) is 4.08. The van der Waals surface area contributed by atoms with Crippen LogP contribution in [0.25, 0.3) is 0 Å². The van der Waals surface area contributed by atoms with E-state index in [2.05, 4.69) is 39.5 Å². The van der Waals surface area contributed by atoms with Crippen LogP contribution in [0, 0.1) is 6.92 Å². The van der Waals surface area contributed by atoms with E-state index < -0.39 is 10.2 Å². The predicted octanol–water partition coefficient (Wildman–Crippen LogP) is 1.73. The van der Waals surface area contributed by atoms with E-state index in [-0.39, 0.29) is 12.1 Å². The van der Waals surface area contributed by atoms with Crippen LogP contribution in [0.5, 0.6) is 0 Å². The average Bonchev–Trinajstić information content (AvgIpc) is 3.08. The minimum Gasteiger partial charge on any atom is -0.379 e. The van der Waals surface area contributed by atoms with Gasteiger partial charge < -0.3 is 4.74 Å². The van der Waals surface area contributed by atoms with Gasteiger partial charge in [0.05, 0.1) is 13.2 Å². The summed E-state index contributed by atoms with van der Waals surface area (Å²) in [6.45, 7) is 5.44. The van der Waals surface area contributed by atoms with Gasteiger partial charge in [0.15, 0.2) is 0 Å². The molecule has 2 fully saturated rings. The molecule has 1 saturated carbocycles. The van der Waals surface area contributed by atoms with Crippen molar-refractivity contribution in [2.45, 2.75) is 44.7 Å². The molecule has 1 aromatic rings. The molecule has 0 bridgehead atoms. The molecule has 1 unspecified atom stereocenters. The maximum atomic E-state index is 12.4. The van der Waals surface area contributed by atoms with Crippen molar-refractivity contribution in [2.24, 2.45) is 0 Å². The van der Waals surface area contributed by atoms with Crippen molar-refractivity contribution in [3.8, 4) is 0 Å². The lowest BCUT2D eigenvalue weighted by Gasteiger charge is -2.35. The summed E-state index contributed by atoms with van der Waals surface area (Å²) >= 11 is 0. The van der Waals surface area contributed by atoms with Gasteiger partial charge in [-0.2, -0.15) is 13.1 Å². The van der Waals surface area contributed by atoms with Gasteiger partial charge in [-0.05, 0) is 25.3 Å². The fourth-order valence-corrected chi connectivity index (χ4v) is 4.85. The van der Waals surface area contributed by atoms with Crippen molar-refractivity contribution in [3.63, 3.8) is 0 Å². The van der Waals surface area contributed by atoms with Crippen LogP contribution in [0.3, 0.4) is 0 Å².